The summed E-state index contributed by atoms with van der Waals surface area (Å²) in [6, 6.07) is 4.15. The van der Waals surface area contributed by atoms with Gasteiger partial charge < -0.3 is 5.32 Å². The van der Waals surface area contributed by atoms with Crippen LogP contribution >= 0.6 is 11.3 Å². The molecule has 1 N–H and O–H groups in total. The van der Waals surface area contributed by atoms with Crippen molar-refractivity contribution in [2.24, 2.45) is 7.05 Å². The molecule has 0 aromatic carbocycles. The van der Waals surface area contributed by atoms with E-state index in [1.807, 2.05) is 19.3 Å². The molecule has 3 rings (SSSR count). The maximum absolute atomic E-state index is 12.8. The molecule has 1 amide bonds. The van der Waals surface area contributed by atoms with E-state index in [-0.39, 0.29) is 17.2 Å². The van der Waals surface area contributed by atoms with Crippen molar-refractivity contribution in [3.8, 4) is 6.07 Å². The normalized spacial score (nSPS) is 17.2. The Balaban J connectivity index is 1.86. The quantitative estimate of drug-likeness (QED) is 0.904. The number of anilines is 1. The number of carbonyl (C=O) groups excluding carboxylic acids is 1. The number of aryl methyl sites for hydroxylation is 2. The van der Waals surface area contributed by atoms with Gasteiger partial charge in [-0.25, -0.2) is 0 Å². The highest BCUT2D eigenvalue weighted by Crippen LogP contribution is 2.37. The van der Waals surface area contributed by atoms with Gasteiger partial charge in [0.25, 0.3) is 0 Å². The second-order valence-electron chi connectivity index (χ2n) is 7.35. The molecule has 24 heavy (non-hydrogen) atoms. The van der Waals surface area contributed by atoms with Crippen molar-refractivity contribution >= 4 is 22.9 Å². The van der Waals surface area contributed by atoms with Crippen molar-refractivity contribution in [1.29, 1.82) is 5.26 Å². The van der Waals surface area contributed by atoms with Crippen LogP contribution in [0.25, 0.3) is 0 Å². The number of hydrogen-bond acceptors (Lipinski definition) is 4. The Hall–Kier alpha value is -2.13. The molecule has 126 valence electrons. The van der Waals surface area contributed by atoms with Gasteiger partial charge in [-0.2, -0.15) is 10.4 Å². The van der Waals surface area contributed by atoms with E-state index < -0.39 is 0 Å². The molecule has 6 heteroatoms. The number of amides is 1. The van der Waals surface area contributed by atoms with Gasteiger partial charge in [0.2, 0.25) is 5.91 Å². The molecule has 2 aromatic heterocycles. The van der Waals surface area contributed by atoms with Crippen LogP contribution < -0.4 is 5.32 Å². The molecule has 0 saturated carbocycles. The van der Waals surface area contributed by atoms with E-state index in [9.17, 15) is 10.1 Å². The third-order valence-corrected chi connectivity index (χ3v) is 5.83. The number of fused-ring (bicyclic) bond motifs is 1. The number of aromatic nitrogens is 2. The lowest BCUT2D eigenvalue weighted by molar-refractivity contribution is -0.117. The zero-order chi connectivity index (χ0) is 17.5. The van der Waals surface area contributed by atoms with Crippen molar-refractivity contribution in [3.05, 3.63) is 33.3 Å². The molecule has 0 fully saturated rings. The zero-order valence-electron chi connectivity index (χ0n) is 14.5. The molecular weight excluding hydrogens is 320 g/mol. The maximum Gasteiger partial charge on any atom is 0.232 e. The molecule has 0 radical (unpaired) electrons. The Morgan fingerprint density at radius 3 is 2.92 bits per heavy atom. The van der Waals surface area contributed by atoms with Crippen LogP contribution in [-0.2, 0) is 23.7 Å². The topological polar surface area (TPSA) is 70.7 Å². The van der Waals surface area contributed by atoms with E-state index >= 15 is 0 Å². The molecule has 0 spiro atoms. The predicted molar refractivity (Wildman–Crippen MR) is 95.3 cm³/mol. The summed E-state index contributed by atoms with van der Waals surface area (Å²) < 4.78 is 1.78. The third kappa shape index (κ3) is 3.09. The highest BCUT2D eigenvalue weighted by Gasteiger charge is 2.30. The van der Waals surface area contributed by atoms with Crippen LogP contribution in [0.5, 0.6) is 0 Å². The molecule has 5 nitrogen and oxygen atoms in total. The average Bonchev–Trinajstić information content (AvgIpc) is 3.08. The highest BCUT2D eigenvalue weighted by molar-refractivity contribution is 7.13. The van der Waals surface area contributed by atoms with E-state index in [1.54, 1.807) is 4.68 Å². The van der Waals surface area contributed by atoms with Gasteiger partial charge in [0.05, 0.1) is 17.3 Å². The maximum atomic E-state index is 12.8. The van der Waals surface area contributed by atoms with E-state index in [2.05, 4.69) is 37.3 Å². The molecule has 0 bridgehead atoms. The van der Waals surface area contributed by atoms with Gasteiger partial charge in [-0.1, -0.05) is 20.8 Å². The Morgan fingerprint density at radius 2 is 2.25 bits per heavy atom. The zero-order valence-corrected chi connectivity index (χ0v) is 15.3. The van der Waals surface area contributed by atoms with Gasteiger partial charge in [-0.05, 0) is 30.7 Å². The molecule has 1 aliphatic carbocycles. The van der Waals surface area contributed by atoms with Gasteiger partial charge in [0.1, 0.15) is 10.9 Å². The van der Waals surface area contributed by atoms with Crippen LogP contribution in [0.3, 0.4) is 0 Å². The number of carbonyl (C=O) groups is 1. The first-order valence-corrected chi connectivity index (χ1v) is 8.99. The average molecular weight is 342 g/mol. The fraction of sp³-hybridized carbons (Fsp3) is 0.500. The fourth-order valence-corrected chi connectivity index (χ4v) is 4.06. The van der Waals surface area contributed by atoms with Crippen molar-refractivity contribution in [1.82, 2.24) is 9.78 Å². The summed E-state index contributed by atoms with van der Waals surface area (Å²) >= 11 is 1.45. The van der Waals surface area contributed by atoms with Crippen molar-refractivity contribution < 1.29 is 4.79 Å². The van der Waals surface area contributed by atoms with Crippen molar-refractivity contribution in [3.63, 3.8) is 0 Å². The van der Waals surface area contributed by atoms with Gasteiger partial charge >= 0.3 is 0 Å². The second-order valence-corrected chi connectivity index (χ2v) is 8.41. The monoisotopic (exact) mass is 342 g/mol. The minimum absolute atomic E-state index is 0.0411. The summed E-state index contributed by atoms with van der Waals surface area (Å²) in [7, 11) is 1.88. The first kappa shape index (κ1) is 16.7. The molecule has 2 heterocycles. The number of thiophene rings is 1. The Kier molecular flexibility index (Phi) is 4.22. The van der Waals surface area contributed by atoms with Crippen LogP contribution in [0.2, 0.25) is 0 Å². The van der Waals surface area contributed by atoms with E-state index in [0.717, 1.165) is 35.4 Å². The molecule has 2 aromatic rings. The standard InChI is InChI=1S/C18H22N4OS/c1-18(2,3)16-8-14(15(9-19)24-16)20-17(23)11-6-5-7-13-12(11)10-22(4)21-13/h8,10-11H,5-7H2,1-4H3,(H,20,23). The first-order valence-electron chi connectivity index (χ1n) is 8.17. The van der Waals surface area contributed by atoms with Gasteiger partial charge in [-0.15, -0.1) is 11.3 Å². The van der Waals surface area contributed by atoms with Crippen LogP contribution in [0.15, 0.2) is 12.3 Å². The third-order valence-electron chi connectivity index (χ3n) is 4.37. The molecule has 1 atom stereocenters. The van der Waals surface area contributed by atoms with E-state index in [0.29, 0.717) is 10.6 Å². The SMILES string of the molecule is Cn1cc2c(n1)CCCC2C(=O)Nc1cc(C(C)(C)C)sc1C#N. The first-order chi connectivity index (χ1) is 11.3. The lowest BCUT2D eigenvalue weighted by Gasteiger charge is -2.20. The Labute approximate surface area is 146 Å². The van der Waals surface area contributed by atoms with E-state index in [4.69, 9.17) is 0 Å². The largest absolute Gasteiger partial charge is 0.324 e. The van der Waals surface area contributed by atoms with Crippen molar-refractivity contribution in [2.75, 3.05) is 5.32 Å². The van der Waals surface area contributed by atoms with Gasteiger partial charge in [0.15, 0.2) is 0 Å². The number of rotatable bonds is 2. The van der Waals surface area contributed by atoms with Crippen LogP contribution in [0.1, 0.15) is 60.5 Å². The Morgan fingerprint density at radius 1 is 1.50 bits per heavy atom. The predicted octanol–water partition coefficient (Wildman–Crippen LogP) is 3.71. The lowest BCUT2D eigenvalue weighted by Crippen LogP contribution is -2.24. The smallest absolute Gasteiger partial charge is 0.232 e. The second kappa shape index (κ2) is 6.06. The summed E-state index contributed by atoms with van der Waals surface area (Å²) in [4.78, 5) is 14.5. The number of nitriles is 1. The minimum Gasteiger partial charge on any atom is -0.324 e. The summed E-state index contributed by atoms with van der Waals surface area (Å²) in [6.07, 6.45) is 4.65. The summed E-state index contributed by atoms with van der Waals surface area (Å²) in [5.74, 6) is -0.231. The Bertz CT molecular complexity index is 819. The van der Waals surface area contributed by atoms with Crippen molar-refractivity contribution in [2.45, 2.75) is 51.4 Å². The van der Waals surface area contributed by atoms with E-state index in [1.165, 1.54) is 11.3 Å². The molecule has 0 aliphatic heterocycles. The fourth-order valence-electron chi connectivity index (χ4n) is 3.10. The number of hydrogen-bond donors (Lipinski definition) is 1. The molecule has 0 saturated heterocycles. The molecular formula is C18H22N4OS. The summed E-state index contributed by atoms with van der Waals surface area (Å²) in [6.45, 7) is 6.32. The number of nitrogens with zero attached hydrogens (tertiary/aromatic N) is 3. The molecule has 1 aliphatic rings. The number of nitrogens with one attached hydrogen (secondary N) is 1. The van der Waals surface area contributed by atoms with Crippen LogP contribution in [0, 0.1) is 11.3 Å². The summed E-state index contributed by atoms with van der Waals surface area (Å²) in [5, 5.41) is 16.8. The van der Waals surface area contributed by atoms with Gasteiger partial charge in [-0.3, -0.25) is 9.48 Å². The van der Waals surface area contributed by atoms with Gasteiger partial charge in [0, 0.05) is 23.7 Å². The summed E-state index contributed by atoms with van der Waals surface area (Å²) in [5.41, 5.74) is 2.63. The molecule has 1 unspecified atom stereocenters. The minimum atomic E-state index is -0.188. The highest BCUT2D eigenvalue weighted by atomic mass is 32.1. The lowest BCUT2D eigenvalue weighted by atomic mass is 9.86. The van der Waals surface area contributed by atoms with Crippen LogP contribution in [0.4, 0.5) is 5.69 Å². The van der Waals surface area contributed by atoms with Crippen LogP contribution in [-0.4, -0.2) is 15.7 Å².